The Hall–Kier alpha value is -2.45. The van der Waals surface area contributed by atoms with E-state index in [1.807, 2.05) is 5.32 Å². The highest BCUT2D eigenvalue weighted by atomic mass is 32.1. The number of nitrogens with one attached hydrogen (secondary N) is 1. The van der Waals surface area contributed by atoms with E-state index in [-0.39, 0.29) is 11.1 Å². The van der Waals surface area contributed by atoms with Gasteiger partial charge in [-0.3, -0.25) is 9.59 Å². The molecule has 1 atom stereocenters. The van der Waals surface area contributed by atoms with Crippen molar-refractivity contribution in [2.45, 2.75) is 18.7 Å². The summed E-state index contributed by atoms with van der Waals surface area (Å²) in [6, 6.07) is 9.47. The van der Waals surface area contributed by atoms with E-state index in [1.165, 1.54) is 23.5 Å². The number of amides is 1. The molecule has 1 unspecified atom stereocenters. The van der Waals surface area contributed by atoms with Gasteiger partial charge in [0.25, 0.3) is 5.91 Å². The first-order valence-corrected chi connectivity index (χ1v) is 8.04. The number of carbonyl (C=O) groups is 1. The van der Waals surface area contributed by atoms with Gasteiger partial charge in [-0.1, -0.05) is 18.2 Å². The van der Waals surface area contributed by atoms with Crippen molar-refractivity contribution in [3.8, 4) is 0 Å². The third kappa shape index (κ3) is 2.87. The first-order valence-electron chi connectivity index (χ1n) is 7.17. The topological polar surface area (TPSA) is 66.4 Å². The van der Waals surface area contributed by atoms with Crippen molar-refractivity contribution in [2.24, 2.45) is 0 Å². The van der Waals surface area contributed by atoms with Crippen LogP contribution in [-0.4, -0.2) is 22.8 Å². The number of alkyl halides is 3. The van der Waals surface area contributed by atoms with Crippen LogP contribution in [0.2, 0.25) is 0 Å². The smallest absolute Gasteiger partial charge is 0.373 e. The van der Waals surface area contributed by atoms with Gasteiger partial charge < -0.3 is 10.4 Å². The normalized spacial score (nSPS) is 14.4. The van der Waals surface area contributed by atoms with Crippen LogP contribution in [0.1, 0.15) is 6.92 Å². The zero-order chi connectivity index (χ0) is 18.4. The van der Waals surface area contributed by atoms with Crippen LogP contribution in [0.25, 0.3) is 20.9 Å². The molecule has 1 aromatic heterocycles. The Bertz CT molecular complexity index is 1040. The molecule has 8 heteroatoms. The molecular weight excluding hydrogens is 355 g/mol. The van der Waals surface area contributed by atoms with E-state index in [0.29, 0.717) is 17.7 Å². The van der Waals surface area contributed by atoms with Crippen molar-refractivity contribution in [1.29, 1.82) is 0 Å². The summed E-state index contributed by atoms with van der Waals surface area (Å²) in [5.74, 6) is -1.65. The molecule has 25 heavy (non-hydrogen) atoms. The van der Waals surface area contributed by atoms with Gasteiger partial charge >= 0.3 is 6.18 Å². The highest BCUT2D eigenvalue weighted by molar-refractivity contribution is 7.17. The van der Waals surface area contributed by atoms with Gasteiger partial charge in [-0.15, -0.1) is 11.3 Å². The van der Waals surface area contributed by atoms with E-state index in [4.69, 9.17) is 0 Å². The quantitative estimate of drug-likeness (QED) is 0.726. The van der Waals surface area contributed by atoms with Crippen molar-refractivity contribution in [1.82, 2.24) is 0 Å². The van der Waals surface area contributed by atoms with Crippen molar-refractivity contribution >= 4 is 43.8 Å². The van der Waals surface area contributed by atoms with Crippen LogP contribution in [0.5, 0.6) is 0 Å². The first kappa shape index (κ1) is 17.4. The lowest BCUT2D eigenvalue weighted by atomic mass is 10.0. The fourth-order valence-electron chi connectivity index (χ4n) is 2.38. The van der Waals surface area contributed by atoms with Crippen molar-refractivity contribution in [3.05, 3.63) is 52.0 Å². The number of rotatable bonds is 2. The van der Waals surface area contributed by atoms with Gasteiger partial charge in [0, 0.05) is 10.1 Å². The summed E-state index contributed by atoms with van der Waals surface area (Å²) in [4.78, 5) is 24.7. The summed E-state index contributed by atoms with van der Waals surface area (Å²) in [5.41, 5.74) is -4.06. The molecule has 4 nitrogen and oxygen atoms in total. The van der Waals surface area contributed by atoms with Crippen LogP contribution in [0.4, 0.5) is 18.9 Å². The van der Waals surface area contributed by atoms with Crippen LogP contribution in [-0.2, 0) is 4.79 Å². The maximum Gasteiger partial charge on any atom is 0.426 e. The van der Waals surface area contributed by atoms with Gasteiger partial charge in [0.2, 0.25) is 5.60 Å². The SMILES string of the molecule is CC(O)(C(=O)Nc1cccc2ccc3sccc3c(=O)c12)C(F)(F)F. The summed E-state index contributed by atoms with van der Waals surface area (Å²) in [6.45, 7) is 0.364. The van der Waals surface area contributed by atoms with E-state index < -0.39 is 23.1 Å². The highest BCUT2D eigenvalue weighted by Gasteiger charge is 2.55. The van der Waals surface area contributed by atoms with Gasteiger partial charge in [0.1, 0.15) is 0 Å². The Labute approximate surface area is 143 Å². The molecule has 3 aromatic rings. The molecule has 2 aromatic carbocycles. The van der Waals surface area contributed by atoms with Crippen LogP contribution in [0, 0.1) is 0 Å². The average Bonchev–Trinajstić information content (AvgIpc) is 2.95. The molecule has 0 bridgehead atoms. The maximum atomic E-state index is 12.8. The lowest BCUT2D eigenvalue weighted by molar-refractivity contribution is -0.242. The zero-order valence-electron chi connectivity index (χ0n) is 12.8. The number of aliphatic hydroxyl groups is 1. The molecule has 0 saturated heterocycles. The number of hydrogen-bond acceptors (Lipinski definition) is 4. The van der Waals surface area contributed by atoms with Gasteiger partial charge in [-0.05, 0) is 35.9 Å². The second kappa shape index (κ2) is 5.82. The van der Waals surface area contributed by atoms with Gasteiger partial charge in [-0.25, -0.2) is 0 Å². The van der Waals surface area contributed by atoms with Crippen LogP contribution >= 0.6 is 11.3 Å². The number of halogens is 3. The van der Waals surface area contributed by atoms with Crippen molar-refractivity contribution in [3.63, 3.8) is 0 Å². The van der Waals surface area contributed by atoms with E-state index in [9.17, 15) is 27.9 Å². The second-order valence-corrected chi connectivity index (χ2v) is 6.60. The third-order valence-corrected chi connectivity index (χ3v) is 4.80. The average molecular weight is 367 g/mol. The minimum atomic E-state index is -5.15. The van der Waals surface area contributed by atoms with E-state index in [0.717, 1.165) is 4.70 Å². The number of benzene rings is 1. The van der Waals surface area contributed by atoms with Gasteiger partial charge in [0.05, 0.1) is 11.1 Å². The molecule has 2 N–H and O–H groups in total. The number of anilines is 1. The van der Waals surface area contributed by atoms with E-state index in [1.54, 1.807) is 29.6 Å². The van der Waals surface area contributed by atoms with E-state index >= 15 is 0 Å². The third-order valence-electron chi connectivity index (χ3n) is 3.92. The summed E-state index contributed by atoms with van der Waals surface area (Å²) < 4.78 is 39.2. The lowest BCUT2D eigenvalue weighted by Crippen LogP contribution is -2.52. The van der Waals surface area contributed by atoms with Crippen molar-refractivity contribution < 1.29 is 23.1 Å². The van der Waals surface area contributed by atoms with Crippen LogP contribution in [0.15, 0.2) is 46.6 Å². The van der Waals surface area contributed by atoms with Crippen LogP contribution < -0.4 is 10.7 Å². The molecule has 130 valence electrons. The Morgan fingerprint density at radius 1 is 1.16 bits per heavy atom. The molecule has 0 spiro atoms. The minimum Gasteiger partial charge on any atom is -0.373 e. The monoisotopic (exact) mass is 367 g/mol. The fourth-order valence-corrected chi connectivity index (χ4v) is 3.16. The van der Waals surface area contributed by atoms with Gasteiger partial charge in [-0.2, -0.15) is 13.2 Å². The molecule has 1 amide bonds. The molecular formula is C17H12F3NO3S. The highest BCUT2D eigenvalue weighted by Crippen LogP contribution is 2.32. The molecule has 0 aliphatic rings. The maximum absolute atomic E-state index is 12.8. The first-order chi connectivity index (χ1) is 11.6. The molecule has 0 aliphatic heterocycles. The van der Waals surface area contributed by atoms with Crippen molar-refractivity contribution in [2.75, 3.05) is 5.32 Å². The largest absolute Gasteiger partial charge is 0.426 e. The Kier molecular flexibility index (Phi) is 4.04. The predicted molar refractivity (Wildman–Crippen MR) is 90.9 cm³/mol. The zero-order valence-corrected chi connectivity index (χ0v) is 13.7. The molecule has 0 radical (unpaired) electrons. The minimum absolute atomic E-state index is 0.0827. The summed E-state index contributed by atoms with van der Waals surface area (Å²) in [5, 5.41) is 14.2. The molecule has 0 fully saturated rings. The fraction of sp³-hybridized carbons (Fsp3) is 0.176. The lowest BCUT2D eigenvalue weighted by Gasteiger charge is -2.25. The number of carbonyl (C=O) groups excluding carboxylic acids is 1. The summed E-state index contributed by atoms with van der Waals surface area (Å²) >= 11 is 1.36. The second-order valence-electron chi connectivity index (χ2n) is 5.65. The standard InChI is InChI=1S/C17H12F3NO3S/c1-16(24,17(18,19)20)15(23)21-11-4-2-3-9-5-6-12-10(7-8-25-12)14(22)13(9)11/h2-8,24H,1H3,(H,21,23). The number of thiophene rings is 1. The molecule has 0 aliphatic carbocycles. The Morgan fingerprint density at radius 2 is 1.88 bits per heavy atom. The predicted octanol–water partition coefficient (Wildman–Crippen LogP) is 3.67. The summed E-state index contributed by atoms with van der Waals surface area (Å²) in [7, 11) is 0. The molecule has 3 rings (SSSR count). The number of fused-ring (bicyclic) bond motifs is 2. The van der Waals surface area contributed by atoms with E-state index in [2.05, 4.69) is 0 Å². The van der Waals surface area contributed by atoms with Crippen LogP contribution in [0.3, 0.4) is 0 Å². The number of hydrogen-bond donors (Lipinski definition) is 2. The molecule has 1 heterocycles. The Balaban J connectivity index is 2.19. The summed E-state index contributed by atoms with van der Waals surface area (Å²) in [6.07, 6.45) is -5.15. The molecule has 0 saturated carbocycles. The van der Waals surface area contributed by atoms with Gasteiger partial charge in [0.15, 0.2) is 5.43 Å². The Morgan fingerprint density at radius 3 is 2.56 bits per heavy atom.